The van der Waals surface area contributed by atoms with Crippen molar-refractivity contribution in [2.45, 2.75) is 13.8 Å². The number of ether oxygens (including phenoxy) is 3. The monoisotopic (exact) mass is 378 g/mol. The van der Waals surface area contributed by atoms with Gasteiger partial charge in [0.25, 0.3) is 0 Å². The molecular formula is C19H23ClN2O4. The van der Waals surface area contributed by atoms with Crippen LogP contribution < -0.4 is 24.8 Å². The highest BCUT2D eigenvalue weighted by molar-refractivity contribution is 6.32. The summed E-state index contributed by atoms with van der Waals surface area (Å²) in [4.78, 5) is 11.7. The van der Waals surface area contributed by atoms with Crippen LogP contribution in [0.3, 0.4) is 0 Å². The molecule has 2 N–H and O–H groups in total. The highest BCUT2D eigenvalue weighted by Crippen LogP contribution is 2.25. The van der Waals surface area contributed by atoms with Crippen molar-refractivity contribution in [1.82, 2.24) is 10.6 Å². The average molecular weight is 379 g/mol. The van der Waals surface area contributed by atoms with Crippen LogP contribution in [-0.4, -0.2) is 33.0 Å². The molecular weight excluding hydrogens is 356 g/mol. The van der Waals surface area contributed by atoms with Crippen molar-refractivity contribution in [3.05, 3.63) is 52.5 Å². The van der Waals surface area contributed by atoms with Crippen molar-refractivity contribution in [1.29, 1.82) is 0 Å². The van der Waals surface area contributed by atoms with Gasteiger partial charge in [-0.3, -0.25) is 0 Å². The number of aryl methyl sites for hydroxylation is 2. The maximum absolute atomic E-state index is 11.7. The van der Waals surface area contributed by atoms with Crippen LogP contribution in [0, 0.1) is 13.8 Å². The minimum absolute atomic E-state index is 0.0612. The van der Waals surface area contributed by atoms with Gasteiger partial charge in [0.2, 0.25) is 0 Å². The number of urea groups is 1. The fourth-order valence-corrected chi connectivity index (χ4v) is 2.35. The molecule has 0 fully saturated rings. The van der Waals surface area contributed by atoms with Gasteiger partial charge in [-0.25, -0.2) is 4.79 Å². The molecule has 0 bridgehead atoms. The molecule has 0 atom stereocenters. The molecule has 7 heteroatoms. The van der Waals surface area contributed by atoms with E-state index in [2.05, 4.69) is 10.6 Å². The summed E-state index contributed by atoms with van der Waals surface area (Å²) in [5, 5.41) is 6.04. The van der Waals surface area contributed by atoms with E-state index in [1.165, 1.54) is 0 Å². The first-order chi connectivity index (χ1) is 12.5. The second-order valence-electron chi connectivity index (χ2n) is 5.62. The number of carbonyl (C=O) groups is 1. The van der Waals surface area contributed by atoms with Crippen LogP contribution in [0.15, 0.2) is 36.4 Å². The van der Waals surface area contributed by atoms with E-state index in [0.717, 1.165) is 21.9 Å². The summed E-state index contributed by atoms with van der Waals surface area (Å²) in [6.45, 7) is 4.61. The topological polar surface area (TPSA) is 68.8 Å². The highest BCUT2D eigenvalue weighted by atomic mass is 35.5. The Balaban J connectivity index is 1.63. The third-order valence-corrected chi connectivity index (χ3v) is 4.19. The van der Waals surface area contributed by atoms with Crippen LogP contribution in [0.4, 0.5) is 4.79 Å². The van der Waals surface area contributed by atoms with E-state index < -0.39 is 0 Å². The molecule has 0 aliphatic carbocycles. The van der Waals surface area contributed by atoms with Gasteiger partial charge in [-0.05, 0) is 61.4 Å². The second kappa shape index (κ2) is 9.77. The zero-order chi connectivity index (χ0) is 18.9. The van der Waals surface area contributed by atoms with E-state index >= 15 is 0 Å². The Morgan fingerprint density at radius 2 is 1.58 bits per heavy atom. The van der Waals surface area contributed by atoms with Gasteiger partial charge < -0.3 is 24.8 Å². The number of hydrogen-bond acceptors (Lipinski definition) is 4. The Hall–Kier alpha value is -2.60. The molecule has 0 aromatic heterocycles. The van der Waals surface area contributed by atoms with Gasteiger partial charge in [-0.2, -0.15) is 0 Å². The number of carbonyl (C=O) groups excluding carboxylic acids is 1. The molecule has 2 aromatic rings. The van der Waals surface area contributed by atoms with Crippen LogP contribution in [0.1, 0.15) is 11.1 Å². The number of amides is 2. The van der Waals surface area contributed by atoms with Gasteiger partial charge in [-0.15, -0.1) is 0 Å². The lowest BCUT2D eigenvalue weighted by atomic mass is 10.1. The molecule has 2 amide bonds. The molecule has 0 aliphatic rings. The van der Waals surface area contributed by atoms with Crippen molar-refractivity contribution in [2.24, 2.45) is 0 Å². The molecule has 0 heterocycles. The first-order valence-electron chi connectivity index (χ1n) is 8.17. The SMILES string of the molecule is COc1ccc(OCCNC(=O)NCOc2cc(C)c(Cl)c(C)c2)cc1. The molecule has 26 heavy (non-hydrogen) atoms. The third-order valence-electron chi connectivity index (χ3n) is 3.60. The van der Waals surface area contributed by atoms with E-state index in [1.54, 1.807) is 7.11 Å². The van der Waals surface area contributed by atoms with E-state index in [9.17, 15) is 4.79 Å². The maximum atomic E-state index is 11.7. The largest absolute Gasteiger partial charge is 0.497 e. The number of methoxy groups -OCH3 is 1. The lowest BCUT2D eigenvalue weighted by molar-refractivity contribution is 0.220. The van der Waals surface area contributed by atoms with Crippen LogP contribution in [0.25, 0.3) is 0 Å². The van der Waals surface area contributed by atoms with Gasteiger partial charge >= 0.3 is 6.03 Å². The molecule has 140 valence electrons. The van der Waals surface area contributed by atoms with Crippen LogP contribution in [0.5, 0.6) is 17.2 Å². The first kappa shape index (κ1) is 19.7. The summed E-state index contributed by atoms with van der Waals surface area (Å²) in [6.07, 6.45) is 0. The first-order valence-corrected chi connectivity index (χ1v) is 8.55. The fraction of sp³-hybridized carbons (Fsp3) is 0.316. The Labute approximate surface area is 158 Å². The van der Waals surface area contributed by atoms with E-state index in [0.29, 0.717) is 24.7 Å². The summed E-state index contributed by atoms with van der Waals surface area (Å²) in [7, 11) is 1.61. The van der Waals surface area contributed by atoms with E-state index in [-0.39, 0.29) is 12.8 Å². The van der Waals surface area contributed by atoms with E-state index in [4.69, 9.17) is 25.8 Å². The summed E-state index contributed by atoms with van der Waals surface area (Å²) >= 11 is 6.11. The quantitative estimate of drug-likeness (QED) is 0.543. The van der Waals surface area contributed by atoms with Gasteiger partial charge in [0.15, 0.2) is 6.73 Å². The van der Waals surface area contributed by atoms with Gasteiger partial charge in [0.05, 0.1) is 13.7 Å². The van der Waals surface area contributed by atoms with Crippen molar-refractivity contribution in [3.63, 3.8) is 0 Å². The number of rotatable bonds is 8. The number of benzene rings is 2. The molecule has 2 rings (SSSR count). The fourth-order valence-electron chi connectivity index (χ4n) is 2.24. The highest BCUT2D eigenvalue weighted by Gasteiger charge is 2.04. The van der Waals surface area contributed by atoms with Crippen LogP contribution >= 0.6 is 11.6 Å². The number of halogens is 1. The second-order valence-corrected chi connectivity index (χ2v) is 5.99. The molecule has 0 saturated heterocycles. The third kappa shape index (κ3) is 6.04. The lowest BCUT2D eigenvalue weighted by Gasteiger charge is -2.12. The number of nitrogens with one attached hydrogen (secondary N) is 2. The van der Waals surface area contributed by atoms with Gasteiger partial charge in [0.1, 0.15) is 23.9 Å². The predicted octanol–water partition coefficient (Wildman–Crippen LogP) is 3.68. The standard InChI is InChI=1S/C19H23ClN2O4/c1-13-10-17(11-14(2)18(13)20)26-12-22-19(23)21-8-9-25-16-6-4-15(24-3)5-7-16/h4-7,10-11H,8-9,12H2,1-3H3,(H2,21,22,23). The molecule has 2 aromatic carbocycles. The van der Waals surface area contributed by atoms with Crippen LogP contribution in [-0.2, 0) is 0 Å². The van der Waals surface area contributed by atoms with Crippen molar-refractivity contribution in [2.75, 3.05) is 27.0 Å². The maximum Gasteiger partial charge on any atom is 0.317 e. The summed E-state index contributed by atoms with van der Waals surface area (Å²) in [5.74, 6) is 2.14. The summed E-state index contributed by atoms with van der Waals surface area (Å²) in [5.41, 5.74) is 1.86. The van der Waals surface area contributed by atoms with E-state index in [1.807, 2.05) is 50.2 Å². The molecule has 0 radical (unpaired) electrons. The Kier molecular flexibility index (Phi) is 7.41. The van der Waals surface area contributed by atoms with Crippen molar-refractivity contribution >= 4 is 17.6 Å². The van der Waals surface area contributed by atoms with Crippen LogP contribution in [0.2, 0.25) is 5.02 Å². The summed E-state index contributed by atoms with van der Waals surface area (Å²) < 4.78 is 16.1. The van der Waals surface area contributed by atoms with Gasteiger partial charge in [-0.1, -0.05) is 11.6 Å². The molecule has 0 spiro atoms. The number of hydrogen-bond donors (Lipinski definition) is 2. The van der Waals surface area contributed by atoms with Gasteiger partial charge in [0, 0.05) is 5.02 Å². The normalized spacial score (nSPS) is 10.2. The lowest BCUT2D eigenvalue weighted by Crippen LogP contribution is -2.39. The van der Waals surface area contributed by atoms with Crippen molar-refractivity contribution in [3.8, 4) is 17.2 Å². The average Bonchev–Trinajstić information content (AvgIpc) is 2.63. The minimum atomic E-state index is -0.328. The Morgan fingerprint density at radius 3 is 2.19 bits per heavy atom. The zero-order valence-corrected chi connectivity index (χ0v) is 15.9. The molecule has 0 unspecified atom stereocenters. The summed E-state index contributed by atoms with van der Waals surface area (Å²) in [6, 6.07) is 10.6. The minimum Gasteiger partial charge on any atom is -0.497 e. The Bertz CT molecular complexity index is 712. The molecule has 6 nitrogen and oxygen atoms in total. The predicted molar refractivity (Wildman–Crippen MR) is 101 cm³/mol. The molecule has 0 saturated carbocycles. The Morgan fingerprint density at radius 1 is 0.962 bits per heavy atom. The smallest absolute Gasteiger partial charge is 0.317 e. The molecule has 0 aliphatic heterocycles. The van der Waals surface area contributed by atoms with Crippen molar-refractivity contribution < 1.29 is 19.0 Å². The zero-order valence-electron chi connectivity index (χ0n) is 15.1.